The number of benzene rings is 2. The maximum absolute atomic E-state index is 13.6. The molecule has 1 heterocycles. The van der Waals surface area contributed by atoms with Crippen LogP contribution in [0.15, 0.2) is 24.3 Å². The van der Waals surface area contributed by atoms with Gasteiger partial charge in [-0.15, -0.1) is 0 Å². The van der Waals surface area contributed by atoms with Crippen LogP contribution in [0.1, 0.15) is 110 Å². The highest BCUT2D eigenvalue weighted by atomic mass is 16.5. The van der Waals surface area contributed by atoms with E-state index in [-0.39, 0.29) is 11.9 Å². The number of methoxy groups -OCH3 is 4. The predicted molar refractivity (Wildman–Crippen MR) is 191 cm³/mol. The maximum Gasteiger partial charge on any atom is 0.338 e. The molecule has 2 aromatic carbocycles. The second-order valence-electron chi connectivity index (χ2n) is 13.2. The molecule has 1 saturated carbocycles. The number of nitrogens with zero attached hydrogens (tertiary/aromatic N) is 2. The Morgan fingerprint density at radius 3 is 1.96 bits per heavy atom. The third-order valence-corrected chi connectivity index (χ3v) is 9.87. The van der Waals surface area contributed by atoms with Crippen LogP contribution >= 0.6 is 0 Å². The smallest absolute Gasteiger partial charge is 0.338 e. The molecule has 4 rings (SSSR count). The summed E-state index contributed by atoms with van der Waals surface area (Å²) in [6.45, 7) is 10.5. The molecular weight excluding hydrogens is 624 g/mol. The maximum atomic E-state index is 13.6. The SMILES string of the molecule is CCCCCN1CCCN(CCC(CCCOc2cc(C(C)=O)cc(C3CCC3)c2OC)OC(=O)c2cc(OC)c(OC)c(OC)c2)CC1. The summed E-state index contributed by atoms with van der Waals surface area (Å²) in [6.07, 6.45) is 9.93. The molecule has 10 heteroatoms. The van der Waals surface area contributed by atoms with Crippen LogP contribution in [0.2, 0.25) is 0 Å². The largest absolute Gasteiger partial charge is 0.493 e. The second-order valence-corrected chi connectivity index (χ2v) is 13.2. The first-order chi connectivity index (χ1) is 23.8. The quantitative estimate of drug-likeness (QED) is 0.0813. The van der Waals surface area contributed by atoms with Crippen molar-refractivity contribution >= 4 is 11.8 Å². The lowest BCUT2D eigenvalue weighted by Gasteiger charge is -2.28. The number of esters is 1. The lowest BCUT2D eigenvalue weighted by Crippen LogP contribution is -2.33. The molecule has 49 heavy (non-hydrogen) atoms. The van der Waals surface area contributed by atoms with E-state index in [0.29, 0.717) is 71.7 Å². The average molecular weight is 683 g/mol. The van der Waals surface area contributed by atoms with E-state index in [2.05, 4.69) is 16.7 Å². The first-order valence-electron chi connectivity index (χ1n) is 18.1. The summed E-state index contributed by atoms with van der Waals surface area (Å²) in [4.78, 5) is 31.0. The van der Waals surface area contributed by atoms with Gasteiger partial charge in [0.05, 0.1) is 40.6 Å². The Morgan fingerprint density at radius 2 is 1.39 bits per heavy atom. The molecule has 0 spiro atoms. The van der Waals surface area contributed by atoms with Crippen molar-refractivity contribution in [3.63, 3.8) is 0 Å². The van der Waals surface area contributed by atoms with Gasteiger partial charge in [0.1, 0.15) is 6.10 Å². The summed E-state index contributed by atoms with van der Waals surface area (Å²) >= 11 is 0. The van der Waals surface area contributed by atoms with Gasteiger partial charge in [-0.1, -0.05) is 26.2 Å². The third-order valence-electron chi connectivity index (χ3n) is 9.87. The number of Topliss-reactive ketones (excluding diaryl/α,β-unsaturated/α-hetero) is 1. The fraction of sp³-hybridized carbons (Fsp3) is 0.641. The van der Waals surface area contributed by atoms with Gasteiger partial charge in [-0.3, -0.25) is 4.79 Å². The number of ether oxygens (including phenoxy) is 6. The monoisotopic (exact) mass is 682 g/mol. The molecule has 0 N–H and O–H groups in total. The van der Waals surface area contributed by atoms with E-state index in [1.807, 2.05) is 6.07 Å². The van der Waals surface area contributed by atoms with Crippen molar-refractivity contribution in [1.82, 2.24) is 9.80 Å². The molecule has 2 aromatic rings. The van der Waals surface area contributed by atoms with Gasteiger partial charge in [0, 0.05) is 30.8 Å². The minimum atomic E-state index is -0.441. The Labute approximate surface area is 293 Å². The predicted octanol–water partition coefficient (Wildman–Crippen LogP) is 7.16. The lowest BCUT2D eigenvalue weighted by atomic mass is 9.79. The minimum absolute atomic E-state index is 0.00411. The Bertz CT molecular complexity index is 1340. The van der Waals surface area contributed by atoms with Gasteiger partial charge in [-0.05, 0) is 102 Å². The van der Waals surface area contributed by atoms with Crippen LogP contribution in [0, 0.1) is 0 Å². The van der Waals surface area contributed by atoms with Crippen molar-refractivity contribution in [1.29, 1.82) is 0 Å². The Balaban J connectivity index is 1.44. The number of carbonyl (C=O) groups excluding carboxylic acids is 2. The molecule has 0 aromatic heterocycles. The van der Waals surface area contributed by atoms with Crippen LogP contribution in [0.5, 0.6) is 28.7 Å². The van der Waals surface area contributed by atoms with Gasteiger partial charge in [0.25, 0.3) is 0 Å². The number of ketones is 1. The van der Waals surface area contributed by atoms with Crippen LogP contribution in [0.4, 0.5) is 0 Å². The minimum Gasteiger partial charge on any atom is -0.493 e. The van der Waals surface area contributed by atoms with E-state index >= 15 is 0 Å². The van der Waals surface area contributed by atoms with E-state index in [1.165, 1.54) is 53.6 Å². The fourth-order valence-corrected chi connectivity index (χ4v) is 6.73. The molecule has 1 unspecified atom stereocenters. The third kappa shape index (κ3) is 10.7. The second kappa shape index (κ2) is 19.6. The molecule has 0 bridgehead atoms. The zero-order valence-corrected chi connectivity index (χ0v) is 30.6. The molecule has 2 fully saturated rings. The highest BCUT2D eigenvalue weighted by molar-refractivity contribution is 5.95. The van der Waals surface area contributed by atoms with E-state index in [9.17, 15) is 9.59 Å². The van der Waals surface area contributed by atoms with Crippen molar-refractivity contribution in [2.24, 2.45) is 0 Å². The van der Waals surface area contributed by atoms with Gasteiger partial charge in [0.15, 0.2) is 28.8 Å². The van der Waals surface area contributed by atoms with Crippen molar-refractivity contribution < 1.29 is 38.0 Å². The number of carbonyl (C=O) groups is 2. The number of rotatable bonds is 20. The van der Waals surface area contributed by atoms with Crippen LogP contribution < -0.4 is 23.7 Å². The Kier molecular flexibility index (Phi) is 15.3. The number of unbranched alkanes of at least 4 members (excludes halogenated alkanes) is 2. The molecule has 0 amide bonds. The van der Waals surface area contributed by atoms with Crippen molar-refractivity contribution in [2.45, 2.75) is 90.1 Å². The molecule has 272 valence electrons. The van der Waals surface area contributed by atoms with E-state index in [1.54, 1.807) is 32.2 Å². The van der Waals surface area contributed by atoms with Crippen molar-refractivity contribution in [2.75, 3.05) is 74.3 Å². The fourth-order valence-electron chi connectivity index (χ4n) is 6.73. The van der Waals surface area contributed by atoms with Gasteiger partial charge in [0.2, 0.25) is 5.75 Å². The topological polar surface area (TPSA) is 96.0 Å². The standard InChI is InChI=1S/C39H58N2O8/c1-7-8-9-17-40-18-12-19-41(22-21-40)20-16-32(49-39(43)31-26-34(44-3)38(47-6)35(27-31)45-4)15-11-23-48-36-25-30(28(2)42)24-33(37(36)46-5)29-13-10-14-29/h24-27,29,32H,7-23H2,1-6H3. The molecule has 1 aliphatic carbocycles. The summed E-state index contributed by atoms with van der Waals surface area (Å²) < 4.78 is 34.7. The van der Waals surface area contributed by atoms with E-state index in [4.69, 9.17) is 28.4 Å². The molecule has 0 radical (unpaired) electrons. The summed E-state index contributed by atoms with van der Waals surface area (Å²) in [6, 6.07) is 7.00. The molecule has 10 nitrogen and oxygen atoms in total. The number of hydrogen-bond acceptors (Lipinski definition) is 10. The van der Waals surface area contributed by atoms with Gasteiger partial charge >= 0.3 is 5.97 Å². The summed E-state index contributed by atoms with van der Waals surface area (Å²) in [5, 5.41) is 0. The molecule has 2 aliphatic rings. The summed E-state index contributed by atoms with van der Waals surface area (Å²) in [5.41, 5.74) is 2.02. The van der Waals surface area contributed by atoms with Gasteiger partial charge < -0.3 is 38.2 Å². The van der Waals surface area contributed by atoms with Gasteiger partial charge in [-0.25, -0.2) is 4.79 Å². The Morgan fingerprint density at radius 1 is 0.735 bits per heavy atom. The first-order valence-corrected chi connectivity index (χ1v) is 18.1. The van der Waals surface area contributed by atoms with Crippen LogP contribution in [-0.2, 0) is 4.74 Å². The first kappa shape index (κ1) is 38.3. The lowest BCUT2D eigenvalue weighted by molar-refractivity contribution is 0.0221. The molecule has 1 saturated heterocycles. The number of hydrogen-bond donors (Lipinski definition) is 0. The molecule has 1 atom stereocenters. The zero-order valence-electron chi connectivity index (χ0n) is 30.6. The van der Waals surface area contributed by atoms with Gasteiger partial charge in [-0.2, -0.15) is 0 Å². The van der Waals surface area contributed by atoms with Crippen molar-refractivity contribution in [3.8, 4) is 28.7 Å². The normalized spacial score (nSPS) is 16.3. The van der Waals surface area contributed by atoms with E-state index < -0.39 is 5.97 Å². The highest BCUT2D eigenvalue weighted by Crippen LogP contribution is 2.45. The average Bonchev–Trinajstić information content (AvgIpc) is 3.32. The van der Waals surface area contributed by atoms with Crippen LogP contribution in [-0.4, -0.2) is 102 Å². The Hall–Kier alpha value is -3.50. The summed E-state index contributed by atoms with van der Waals surface area (Å²) in [5.74, 6) is 2.47. The molecule has 1 aliphatic heterocycles. The van der Waals surface area contributed by atoms with Crippen LogP contribution in [0.3, 0.4) is 0 Å². The highest BCUT2D eigenvalue weighted by Gasteiger charge is 2.27. The van der Waals surface area contributed by atoms with Crippen LogP contribution in [0.25, 0.3) is 0 Å². The van der Waals surface area contributed by atoms with E-state index in [0.717, 1.165) is 57.5 Å². The van der Waals surface area contributed by atoms with Crippen molar-refractivity contribution in [3.05, 3.63) is 41.0 Å². The molecular formula is C39H58N2O8. The zero-order chi connectivity index (χ0) is 35.2. The summed E-state index contributed by atoms with van der Waals surface area (Å²) in [7, 11) is 6.24.